The molecule has 1 unspecified atom stereocenters. The van der Waals surface area contributed by atoms with E-state index in [-0.39, 0.29) is 19.0 Å². The van der Waals surface area contributed by atoms with Crippen molar-refractivity contribution in [3.8, 4) is 6.07 Å². The molecule has 4 rings (SSSR count). The largest absolute Gasteiger partial charge is 0.393 e. The highest BCUT2D eigenvalue weighted by Crippen LogP contribution is 2.37. The summed E-state index contributed by atoms with van der Waals surface area (Å²) in [7, 11) is 0. The molecule has 2 aromatic rings. The minimum atomic E-state index is -4.24. The number of halogens is 3. The van der Waals surface area contributed by atoms with Crippen molar-refractivity contribution in [2.75, 3.05) is 37.6 Å². The number of nitrogens with zero attached hydrogens (tertiary/aromatic N) is 3. The fourth-order valence-electron chi connectivity index (χ4n) is 4.64. The van der Waals surface area contributed by atoms with Crippen LogP contribution in [-0.2, 0) is 0 Å². The molecule has 2 N–H and O–H groups in total. The minimum absolute atomic E-state index is 0.0808. The molecule has 2 aliphatic rings. The SMILES string of the molecule is N#Cc1ccc(N2C[C@H](NCC3CCCNC3)C[C@H](C(F)(F)F)C2)c2cccnc12. The van der Waals surface area contributed by atoms with Crippen LogP contribution in [0.4, 0.5) is 18.9 Å². The fraction of sp³-hybridized carbons (Fsp3) is 0.545. The molecule has 0 amide bonds. The Hall–Kier alpha value is -2.37. The second kappa shape index (κ2) is 8.78. The monoisotopic (exact) mass is 417 g/mol. The van der Waals surface area contributed by atoms with Crippen molar-refractivity contribution in [3.05, 3.63) is 36.0 Å². The van der Waals surface area contributed by atoms with Crippen molar-refractivity contribution >= 4 is 16.6 Å². The maximum absolute atomic E-state index is 13.7. The molecule has 0 saturated carbocycles. The number of pyridine rings is 1. The van der Waals surface area contributed by atoms with Crippen LogP contribution in [-0.4, -0.2) is 49.9 Å². The van der Waals surface area contributed by atoms with Crippen LogP contribution in [0.5, 0.6) is 0 Å². The fourth-order valence-corrected chi connectivity index (χ4v) is 4.64. The van der Waals surface area contributed by atoms with Crippen LogP contribution in [0.1, 0.15) is 24.8 Å². The molecule has 0 spiro atoms. The van der Waals surface area contributed by atoms with Crippen LogP contribution in [0.15, 0.2) is 30.5 Å². The van der Waals surface area contributed by atoms with Gasteiger partial charge < -0.3 is 15.5 Å². The summed E-state index contributed by atoms with van der Waals surface area (Å²) in [6.07, 6.45) is -0.341. The normalized spacial score (nSPS) is 25.3. The van der Waals surface area contributed by atoms with Gasteiger partial charge in [-0.15, -0.1) is 0 Å². The molecule has 1 aromatic heterocycles. The third-order valence-corrected chi connectivity index (χ3v) is 6.22. The molecule has 2 saturated heterocycles. The van der Waals surface area contributed by atoms with Crippen molar-refractivity contribution in [1.29, 1.82) is 5.26 Å². The Bertz CT molecular complexity index is 917. The highest BCUT2D eigenvalue weighted by molar-refractivity contribution is 5.95. The number of hydrogen-bond acceptors (Lipinski definition) is 5. The third-order valence-electron chi connectivity index (χ3n) is 6.22. The number of nitrogens with one attached hydrogen (secondary N) is 2. The second-order valence-corrected chi connectivity index (χ2v) is 8.34. The summed E-state index contributed by atoms with van der Waals surface area (Å²) >= 11 is 0. The van der Waals surface area contributed by atoms with Crippen LogP contribution in [0.2, 0.25) is 0 Å². The predicted octanol–water partition coefficient (Wildman–Crippen LogP) is 3.45. The van der Waals surface area contributed by atoms with Gasteiger partial charge in [0, 0.05) is 36.4 Å². The molecule has 1 aromatic carbocycles. The summed E-state index contributed by atoms with van der Waals surface area (Å²) in [5.74, 6) is -0.936. The molecule has 160 valence electrons. The Labute approximate surface area is 174 Å². The van der Waals surface area contributed by atoms with Gasteiger partial charge in [-0.2, -0.15) is 18.4 Å². The van der Waals surface area contributed by atoms with Crippen LogP contribution in [0.25, 0.3) is 10.9 Å². The van der Waals surface area contributed by atoms with Crippen molar-refractivity contribution in [3.63, 3.8) is 0 Å². The summed E-state index contributed by atoms with van der Waals surface area (Å²) in [6.45, 7) is 3.08. The molecule has 3 heterocycles. The molecule has 0 radical (unpaired) electrons. The summed E-state index contributed by atoms with van der Waals surface area (Å²) in [4.78, 5) is 6.11. The van der Waals surface area contributed by atoms with Gasteiger partial charge in [-0.3, -0.25) is 4.98 Å². The highest BCUT2D eigenvalue weighted by atomic mass is 19.4. The molecular formula is C22H26F3N5. The average Bonchev–Trinajstić information content (AvgIpc) is 2.77. The number of hydrogen-bond donors (Lipinski definition) is 2. The van der Waals surface area contributed by atoms with E-state index in [1.807, 2.05) is 11.0 Å². The molecule has 3 atom stereocenters. The van der Waals surface area contributed by atoms with E-state index in [4.69, 9.17) is 0 Å². The van der Waals surface area contributed by atoms with Crippen LogP contribution >= 0.6 is 0 Å². The van der Waals surface area contributed by atoms with E-state index < -0.39 is 12.1 Å². The molecule has 2 fully saturated rings. The van der Waals surface area contributed by atoms with Gasteiger partial charge in [0.15, 0.2) is 0 Å². The first-order valence-corrected chi connectivity index (χ1v) is 10.5. The van der Waals surface area contributed by atoms with Gasteiger partial charge in [0.2, 0.25) is 0 Å². The molecule has 0 bridgehead atoms. The number of anilines is 1. The van der Waals surface area contributed by atoms with Crippen molar-refractivity contribution in [2.24, 2.45) is 11.8 Å². The smallest absolute Gasteiger partial charge is 0.369 e. The van der Waals surface area contributed by atoms with Gasteiger partial charge in [-0.05, 0) is 69.1 Å². The van der Waals surface area contributed by atoms with Gasteiger partial charge in [-0.1, -0.05) is 0 Å². The van der Waals surface area contributed by atoms with E-state index in [0.717, 1.165) is 37.9 Å². The van der Waals surface area contributed by atoms with Gasteiger partial charge in [0.1, 0.15) is 6.07 Å². The first kappa shape index (κ1) is 20.9. The van der Waals surface area contributed by atoms with E-state index in [0.29, 0.717) is 29.2 Å². The lowest BCUT2D eigenvalue weighted by molar-refractivity contribution is -0.177. The summed E-state index contributed by atoms with van der Waals surface area (Å²) in [6, 6.07) is 8.86. The van der Waals surface area contributed by atoms with Gasteiger partial charge in [0.25, 0.3) is 0 Å². The Kier molecular flexibility index (Phi) is 6.11. The van der Waals surface area contributed by atoms with Crippen molar-refractivity contribution < 1.29 is 13.2 Å². The van der Waals surface area contributed by atoms with E-state index in [1.54, 1.807) is 24.4 Å². The lowest BCUT2D eigenvalue weighted by Gasteiger charge is -2.41. The lowest BCUT2D eigenvalue weighted by atomic mass is 9.91. The number of alkyl halides is 3. The molecule has 8 heteroatoms. The summed E-state index contributed by atoms with van der Waals surface area (Å²) in [5.41, 5.74) is 1.67. The number of benzene rings is 1. The van der Waals surface area contributed by atoms with Gasteiger partial charge in [0.05, 0.1) is 17.0 Å². The third kappa shape index (κ3) is 4.52. The average molecular weight is 417 g/mol. The summed E-state index contributed by atoms with van der Waals surface area (Å²) in [5, 5.41) is 16.8. The Morgan fingerprint density at radius 2 is 2.13 bits per heavy atom. The van der Waals surface area contributed by atoms with Crippen LogP contribution < -0.4 is 15.5 Å². The number of aromatic nitrogens is 1. The number of fused-ring (bicyclic) bond motifs is 1. The van der Waals surface area contributed by atoms with Crippen LogP contribution in [0.3, 0.4) is 0 Å². The standard InChI is InChI=1S/C22H26F3N5/c23-22(24,25)17-9-18(29-12-15-3-1-7-27-11-15)14-30(13-17)20-6-5-16(10-26)21-19(20)4-2-8-28-21/h2,4-6,8,15,17-18,27,29H,1,3,7,9,11-14H2/t15?,17-,18+/m0/s1. The molecular weight excluding hydrogens is 391 g/mol. The lowest BCUT2D eigenvalue weighted by Crippen LogP contribution is -2.54. The molecule has 30 heavy (non-hydrogen) atoms. The predicted molar refractivity (Wildman–Crippen MR) is 110 cm³/mol. The first-order valence-electron chi connectivity index (χ1n) is 10.5. The summed E-state index contributed by atoms with van der Waals surface area (Å²) < 4.78 is 41.1. The highest BCUT2D eigenvalue weighted by Gasteiger charge is 2.44. The number of piperidine rings is 2. The quantitative estimate of drug-likeness (QED) is 0.798. The maximum atomic E-state index is 13.7. The van der Waals surface area contributed by atoms with Crippen LogP contribution in [0, 0.1) is 23.2 Å². The van der Waals surface area contributed by atoms with E-state index >= 15 is 0 Å². The number of rotatable bonds is 4. The van der Waals surface area contributed by atoms with Crippen molar-refractivity contribution in [2.45, 2.75) is 31.5 Å². The minimum Gasteiger partial charge on any atom is -0.369 e. The Morgan fingerprint density at radius 3 is 2.87 bits per heavy atom. The zero-order valence-electron chi connectivity index (χ0n) is 16.8. The maximum Gasteiger partial charge on any atom is 0.393 e. The molecule has 2 aliphatic heterocycles. The molecule has 0 aliphatic carbocycles. The zero-order chi connectivity index (χ0) is 21.1. The second-order valence-electron chi connectivity index (χ2n) is 8.34. The number of nitriles is 1. The first-order chi connectivity index (χ1) is 14.5. The van der Waals surface area contributed by atoms with Gasteiger partial charge in [-0.25, -0.2) is 0 Å². The zero-order valence-corrected chi connectivity index (χ0v) is 16.8. The Morgan fingerprint density at radius 1 is 1.27 bits per heavy atom. The van der Waals surface area contributed by atoms with Crippen molar-refractivity contribution in [1.82, 2.24) is 15.6 Å². The molecule has 5 nitrogen and oxygen atoms in total. The van der Waals surface area contributed by atoms with Gasteiger partial charge >= 0.3 is 6.18 Å². The topological polar surface area (TPSA) is 64.0 Å². The van der Waals surface area contributed by atoms with E-state index in [2.05, 4.69) is 21.7 Å². The van der Waals surface area contributed by atoms with E-state index in [9.17, 15) is 18.4 Å². The van der Waals surface area contributed by atoms with E-state index in [1.165, 1.54) is 0 Å². The Balaban J connectivity index is 1.59.